The van der Waals surface area contributed by atoms with E-state index in [0.717, 1.165) is 5.82 Å². The lowest BCUT2D eigenvalue weighted by Gasteiger charge is -2.31. The van der Waals surface area contributed by atoms with Gasteiger partial charge < -0.3 is 9.64 Å². The van der Waals surface area contributed by atoms with Gasteiger partial charge in [-0.25, -0.2) is 4.98 Å². The van der Waals surface area contributed by atoms with Crippen LogP contribution in [-0.4, -0.2) is 29.0 Å². The Balaban J connectivity index is 1.53. The molecule has 0 radical (unpaired) electrons. The van der Waals surface area contributed by atoms with Crippen LogP contribution in [0.3, 0.4) is 0 Å². The van der Waals surface area contributed by atoms with E-state index in [9.17, 15) is 14.9 Å². The lowest BCUT2D eigenvalue weighted by molar-refractivity contribution is -0.385. The van der Waals surface area contributed by atoms with Crippen molar-refractivity contribution < 1.29 is 14.5 Å². The van der Waals surface area contributed by atoms with Gasteiger partial charge in [-0.05, 0) is 31.0 Å². The molecule has 1 aromatic heterocycles. The lowest BCUT2D eigenvalue weighted by atomic mass is 9.97. The summed E-state index contributed by atoms with van der Waals surface area (Å²) in [4.78, 5) is 29.2. The summed E-state index contributed by atoms with van der Waals surface area (Å²) < 4.78 is 5.32. The third kappa shape index (κ3) is 4.39. The highest BCUT2D eigenvalue weighted by Crippen LogP contribution is 2.24. The number of benzene rings is 1. The molecule has 8 heteroatoms. The minimum atomic E-state index is -0.480. The summed E-state index contributed by atoms with van der Waals surface area (Å²) in [5.74, 6) is 0.212. The van der Waals surface area contributed by atoms with Crippen LogP contribution in [-0.2, 0) is 16.1 Å². The van der Waals surface area contributed by atoms with Gasteiger partial charge >= 0.3 is 5.97 Å². The number of hydrogen-bond donors (Lipinski definition) is 0. The van der Waals surface area contributed by atoms with Gasteiger partial charge in [-0.15, -0.1) is 0 Å². The number of rotatable bonds is 5. The largest absolute Gasteiger partial charge is 0.460 e. The van der Waals surface area contributed by atoms with E-state index >= 15 is 0 Å². The monoisotopic (exact) mass is 366 g/mol. The molecule has 138 valence electrons. The Morgan fingerprint density at radius 2 is 2.04 bits per heavy atom. The highest BCUT2D eigenvalue weighted by atomic mass is 16.6. The molecule has 1 aromatic carbocycles. The molecule has 27 heavy (non-hydrogen) atoms. The number of nitro benzene ring substituents is 1. The average Bonchev–Trinajstić information content (AvgIpc) is 2.72. The fraction of sp³-hybridized carbons (Fsp3) is 0.316. The van der Waals surface area contributed by atoms with Gasteiger partial charge in [0.15, 0.2) is 0 Å². The molecule has 0 atom stereocenters. The molecule has 2 aromatic rings. The van der Waals surface area contributed by atoms with Gasteiger partial charge in [0.05, 0.1) is 22.0 Å². The van der Waals surface area contributed by atoms with Crippen LogP contribution < -0.4 is 4.90 Å². The van der Waals surface area contributed by atoms with Crippen molar-refractivity contribution in [3.63, 3.8) is 0 Å². The summed E-state index contributed by atoms with van der Waals surface area (Å²) >= 11 is 0. The van der Waals surface area contributed by atoms with Gasteiger partial charge in [-0.1, -0.05) is 12.1 Å². The van der Waals surface area contributed by atoms with Crippen LogP contribution in [0.25, 0.3) is 0 Å². The molecule has 1 fully saturated rings. The number of nitrogens with zero attached hydrogens (tertiary/aromatic N) is 4. The summed E-state index contributed by atoms with van der Waals surface area (Å²) in [6, 6.07) is 11.8. The van der Waals surface area contributed by atoms with Crippen molar-refractivity contribution >= 4 is 17.5 Å². The van der Waals surface area contributed by atoms with Crippen LogP contribution in [0.5, 0.6) is 0 Å². The first kappa shape index (κ1) is 18.3. The summed E-state index contributed by atoms with van der Waals surface area (Å²) in [5.41, 5.74) is 0.842. The van der Waals surface area contributed by atoms with Crippen molar-refractivity contribution in [3.05, 3.63) is 63.8 Å². The molecular weight excluding hydrogens is 348 g/mol. The Labute approximate surface area is 156 Å². The molecule has 0 N–H and O–H groups in total. The fourth-order valence-corrected chi connectivity index (χ4v) is 3.06. The van der Waals surface area contributed by atoms with Crippen LogP contribution in [0.4, 0.5) is 11.5 Å². The number of anilines is 1. The molecule has 0 amide bonds. The zero-order valence-electron chi connectivity index (χ0n) is 14.6. The topological polar surface area (TPSA) is 109 Å². The molecule has 2 heterocycles. The second kappa shape index (κ2) is 8.27. The molecule has 0 bridgehead atoms. The highest BCUT2D eigenvalue weighted by molar-refractivity contribution is 5.73. The van der Waals surface area contributed by atoms with Crippen molar-refractivity contribution in [2.24, 2.45) is 5.92 Å². The lowest BCUT2D eigenvalue weighted by Crippen LogP contribution is -2.37. The van der Waals surface area contributed by atoms with Crippen LogP contribution in [0.1, 0.15) is 24.0 Å². The number of hydrogen-bond acceptors (Lipinski definition) is 7. The zero-order valence-corrected chi connectivity index (χ0v) is 14.6. The van der Waals surface area contributed by atoms with E-state index in [1.54, 1.807) is 30.3 Å². The third-order valence-corrected chi connectivity index (χ3v) is 4.59. The summed E-state index contributed by atoms with van der Waals surface area (Å²) in [7, 11) is 0. The van der Waals surface area contributed by atoms with Crippen LogP contribution in [0, 0.1) is 27.4 Å². The number of pyridine rings is 1. The Kier molecular flexibility index (Phi) is 5.61. The molecule has 0 unspecified atom stereocenters. The summed E-state index contributed by atoms with van der Waals surface area (Å²) in [5, 5.41) is 19.8. The summed E-state index contributed by atoms with van der Waals surface area (Å²) in [6.45, 7) is 1.21. The van der Waals surface area contributed by atoms with Crippen molar-refractivity contribution in [1.29, 1.82) is 5.26 Å². The Morgan fingerprint density at radius 3 is 2.67 bits per heavy atom. The average molecular weight is 366 g/mol. The predicted molar refractivity (Wildman–Crippen MR) is 96.8 cm³/mol. The van der Waals surface area contributed by atoms with E-state index < -0.39 is 4.92 Å². The molecule has 1 aliphatic heterocycles. The number of esters is 1. The van der Waals surface area contributed by atoms with E-state index in [2.05, 4.69) is 9.88 Å². The number of nitro groups is 1. The second-order valence-corrected chi connectivity index (χ2v) is 6.27. The van der Waals surface area contributed by atoms with E-state index in [1.807, 2.05) is 6.07 Å². The first-order valence-electron chi connectivity index (χ1n) is 8.58. The number of aromatic nitrogens is 1. The Morgan fingerprint density at radius 1 is 1.30 bits per heavy atom. The highest BCUT2D eigenvalue weighted by Gasteiger charge is 2.27. The normalized spacial score (nSPS) is 14.4. The molecule has 0 spiro atoms. The molecule has 0 saturated carbocycles. The van der Waals surface area contributed by atoms with Crippen molar-refractivity contribution in [1.82, 2.24) is 4.98 Å². The van der Waals surface area contributed by atoms with Gasteiger partial charge in [0.2, 0.25) is 0 Å². The minimum Gasteiger partial charge on any atom is -0.460 e. The fourth-order valence-electron chi connectivity index (χ4n) is 3.06. The quantitative estimate of drug-likeness (QED) is 0.454. The maximum absolute atomic E-state index is 12.3. The second-order valence-electron chi connectivity index (χ2n) is 6.27. The van der Waals surface area contributed by atoms with Gasteiger partial charge in [0.25, 0.3) is 5.69 Å². The summed E-state index contributed by atoms with van der Waals surface area (Å²) in [6.07, 6.45) is 2.78. The van der Waals surface area contributed by atoms with Crippen LogP contribution in [0.15, 0.2) is 42.6 Å². The minimum absolute atomic E-state index is 0.0491. The SMILES string of the molecule is N#Cc1ccc(N2CCC(C(=O)OCc3ccccc3[N+](=O)[O-])CC2)nc1. The first-order chi connectivity index (χ1) is 13.1. The molecule has 1 aliphatic rings. The van der Waals surface area contributed by atoms with Crippen molar-refractivity contribution in [2.75, 3.05) is 18.0 Å². The van der Waals surface area contributed by atoms with Gasteiger partial charge in [0.1, 0.15) is 18.5 Å². The molecule has 1 saturated heterocycles. The first-order valence-corrected chi connectivity index (χ1v) is 8.58. The molecule has 8 nitrogen and oxygen atoms in total. The van der Waals surface area contributed by atoms with E-state index in [-0.39, 0.29) is 24.2 Å². The Bertz CT molecular complexity index is 868. The van der Waals surface area contributed by atoms with Crippen molar-refractivity contribution in [2.45, 2.75) is 19.4 Å². The standard InChI is InChI=1S/C19H18N4O4/c20-11-14-5-6-18(21-12-14)22-9-7-15(8-10-22)19(24)27-13-16-3-1-2-4-17(16)23(25)26/h1-6,12,15H,7-10,13H2. The van der Waals surface area contributed by atoms with Gasteiger partial charge in [0, 0.05) is 25.4 Å². The number of carbonyl (C=O) groups is 1. The van der Waals surface area contributed by atoms with Gasteiger partial charge in [-0.3, -0.25) is 14.9 Å². The molecule has 3 rings (SSSR count). The van der Waals surface area contributed by atoms with Crippen molar-refractivity contribution in [3.8, 4) is 6.07 Å². The number of ether oxygens (including phenoxy) is 1. The van der Waals surface area contributed by atoms with Gasteiger partial charge in [-0.2, -0.15) is 5.26 Å². The number of piperidine rings is 1. The molecule has 0 aliphatic carbocycles. The van der Waals surface area contributed by atoms with E-state index in [4.69, 9.17) is 10.00 Å². The maximum atomic E-state index is 12.3. The Hall–Kier alpha value is -3.47. The number of nitriles is 1. The number of para-hydroxylation sites is 1. The number of carbonyl (C=O) groups excluding carboxylic acids is 1. The van der Waals surface area contributed by atoms with E-state index in [0.29, 0.717) is 37.1 Å². The smallest absolute Gasteiger partial charge is 0.309 e. The third-order valence-electron chi connectivity index (χ3n) is 4.59. The molecular formula is C19H18N4O4. The predicted octanol–water partition coefficient (Wildman–Crippen LogP) is 2.82. The maximum Gasteiger partial charge on any atom is 0.309 e. The van der Waals surface area contributed by atoms with E-state index in [1.165, 1.54) is 12.3 Å². The van der Waals surface area contributed by atoms with Crippen LogP contribution >= 0.6 is 0 Å². The zero-order chi connectivity index (χ0) is 19.2. The van der Waals surface area contributed by atoms with Crippen LogP contribution in [0.2, 0.25) is 0 Å².